The van der Waals surface area contributed by atoms with E-state index in [0.29, 0.717) is 19.6 Å². The Labute approximate surface area is 288 Å². The summed E-state index contributed by atoms with van der Waals surface area (Å²) in [5.41, 5.74) is 3.66. The van der Waals surface area contributed by atoms with Crippen LogP contribution in [-0.4, -0.2) is 122 Å². The molecule has 6 atom stereocenters. The van der Waals surface area contributed by atoms with Crippen molar-refractivity contribution in [2.24, 2.45) is 17.6 Å². The number of nitrogens with zero attached hydrogens (tertiary/aromatic N) is 2. The highest BCUT2D eigenvalue weighted by Crippen LogP contribution is 2.28. The fourth-order valence-electron chi connectivity index (χ4n) is 6.12. The number of aldehydes is 1. The van der Waals surface area contributed by atoms with Gasteiger partial charge in [0, 0.05) is 45.7 Å². The van der Waals surface area contributed by atoms with Crippen LogP contribution >= 0.6 is 0 Å². The van der Waals surface area contributed by atoms with E-state index in [1.165, 1.54) is 7.11 Å². The maximum absolute atomic E-state index is 13.6. The quantitative estimate of drug-likeness (QED) is 0.154. The fraction of sp³-hybridized carbons (Fsp3) is 0.857. The van der Waals surface area contributed by atoms with Crippen LogP contribution in [0.3, 0.4) is 0 Å². The molecule has 13 nitrogen and oxygen atoms in total. The van der Waals surface area contributed by atoms with Crippen LogP contribution in [0.15, 0.2) is 0 Å². The predicted molar refractivity (Wildman–Crippen MR) is 185 cm³/mol. The summed E-state index contributed by atoms with van der Waals surface area (Å²) in [7, 11) is 4.73. The second-order valence-corrected chi connectivity index (χ2v) is 15.2. The maximum Gasteiger partial charge on any atom is 0.245 e. The number of carbonyl (C=O) groups is 5. The molecule has 0 saturated carbocycles. The monoisotopic (exact) mass is 683 g/mol. The van der Waals surface area contributed by atoms with Gasteiger partial charge in [-0.15, -0.1) is 0 Å². The van der Waals surface area contributed by atoms with Crippen molar-refractivity contribution in [2.45, 2.75) is 142 Å². The third-order valence-electron chi connectivity index (χ3n) is 9.34. The molecule has 0 aromatic carbocycles. The topological polar surface area (TPSA) is 170 Å². The molecule has 0 spiro atoms. The van der Waals surface area contributed by atoms with E-state index in [-0.39, 0.29) is 55.0 Å². The van der Waals surface area contributed by atoms with E-state index < -0.39 is 40.8 Å². The standard InChI is InChI=1S/C35H65N5O8/c1-13-23(2)30(26(46-11)19-28(43)40-18-14-15-25(40)31(47-12)24(3)21-41)39(10)29(44)20-37-32(45)35(8,9)38-27(42)16-17-34(6,7)48-22-33(4,5)36/h21,23-26,30-31H,13-20,22,36H2,1-12H3,(H,37,45)(H,38,42)/t23-,24-,25-,26+,30-,31+/m0/s1. The highest BCUT2D eigenvalue weighted by molar-refractivity contribution is 5.93. The van der Waals surface area contributed by atoms with E-state index in [2.05, 4.69) is 10.6 Å². The minimum atomic E-state index is -1.27. The SMILES string of the molecule is CC[C@H](C)[C@@H]([C@@H](CC(=O)N1CCC[C@H]1[C@H](OC)[C@@H](C)C=O)OC)N(C)C(=O)CNC(=O)C(C)(C)NC(=O)CCC(C)(C)OCC(C)(C)N. The average Bonchev–Trinajstić information content (AvgIpc) is 3.50. The van der Waals surface area contributed by atoms with Gasteiger partial charge in [0.25, 0.3) is 0 Å². The number of carbonyl (C=O) groups excluding carboxylic acids is 5. The van der Waals surface area contributed by atoms with Crippen molar-refractivity contribution in [3.8, 4) is 0 Å². The Morgan fingerprint density at radius 1 is 1.06 bits per heavy atom. The highest BCUT2D eigenvalue weighted by atomic mass is 16.5. The Bertz CT molecular complexity index is 1080. The number of likely N-dealkylation sites (tertiary alicyclic amines) is 1. The third-order valence-corrected chi connectivity index (χ3v) is 9.34. The first-order valence-corrected chi connectivity index (χ1v) is 17.2. The number of methoxy groups -OCH3 is 2. The minimum Gasteiger partial charge on any atom is -0.379 e. The zero-order chi connectivity index (χ0) is 37.0. The first-order valence-electron chi connectivity index (χ1n) is 17.2. The molecule has 1 saturated heterocycles. The minimum absolute atomic E-state index is 0.0246. The van der Waals surface area contributed by atoms with Crippen LogP contribution < -0.4 is 16.4 Å². The number of rotatable bonds is 21. The second-order valence-electron chi connectivity index (χ2n) is 15.2. The summed E-state index contributed by atoms with van der Waals surface area (Å²) in [6, 6.07) is -0.672. The van der Waals surface area contributed by atoms with Gasteiger partial charge in [-0.3, -0.25) is 19.2 Å². The smallest absolute Gasteiger partial charge is 0.245 e. The van der Waals surface area contributed by atoms with Crippen LogP contribution in [-0.2, 0) is 38.2 Å². The van der Waals surface area contributed by atoms with Crippen LogP contribution in [0.4, 0.5) is 0 Å². The van der Waals surface area contributed by atoms with Gasteiger partial charge in [-0.05, 0) is 66.7 Å². The molecule has 13 heteroatoms. The number of hydrogen-bond donors (Lipinski definition) is 3. The van der Waals surface area contributed by atoms with Gasteiger partial charge in [0.15, 0.2) is 0 Å². The summed E-state index contributed by atoms with van der Waals surface area (Å²) in [6.45, 7) is 17.1. The molecule has 1 rings (SSSR count). The van der Waals surface area contributed by atoms with Crippen molar-refractivity contribution in [3.05, 3.63) is 0 Å². The highest BCUT2D eigenvalue weighted by Gasteiger charge is 2.41. The maximum atomic E-state index is 13.6. The lowest BCUT2D eigenvalue weighted by molar-refractivity contribution is -0.145. The van der Waals surface area contributed by atoms with Gasteiger partial charge in [0.1, 0.15) is 11.8 Å². The molecular weight excluding hydrogens is 618 g/mol. The van der Waals surface area contributed by atoms with Gasteiger partial charge < -0.3 is 45.2 Å². The molecule has 1 aliphatic heterocycles. The molecule has 1 aliphatic rings. The Morgan fingerprint density at radius 3 is 2.21 bits per heavy atom. The number of hydrogen-bond acceptors (Lipinski definition) is 9. The van der Waals surface area contributed by atoms with E-state index in [1.807, 2.05) is 41.5 Å². The fourth-order valence-corrected chi connectivity index (χ4v) is 6.12. The van der Waals surface area contributed by atoms with Crippen LogP contribution in [0.2, 0.25) is 0 Å². The van der Waals surface area contributed by atoms with Crippen molar-refractivity contribution in [3.63, 3.8) is 0 Å². The number of likely N-dealkylation sites (N-methyl/N-ethyl adjacent to an activating group) is 1. The number of nitrogens with one attached hydrogen (secondary N) is 2. The zero-order valence-electron chi connectivity index (χ0n) is 31.6. The van der Waals surface area contributed by atoms with Gasteiger partial charge in [0.05, 0.1) is 49.5 Å². The van der Waals surface area contributed by atoms with E-state index in [4.69, 9.17) is 19.9 Å². The first kappa shape index (κ1) is 43.4. The number of amides is 4. The summed E-state index contributed by atoms with van der Waals surface area (Å²) in [5.74, 6) is -1.69. The molecule has 0 radical (unpaired) electrons. The summed E-state index contributed by atoms with van der Waals surface area (Å²) < 4.78 is 17.4. The summed E-state index contributed by atoms with van der Waals surface area (Å²) in [5, 5.41) is 5.43. The molecule has 4 amide bonds. The molecule has 4 N–H and O–H groups in total. The largest absolute Gasteiger partial charge is 0.379 e. The Morgan fingerprint density at radius 2 is 1.69 bits per heavy atom. The Balaban J connectivity index is 2.89. The van der Waals surface area contributed by atoms with Crippen molar-refractivity contribution in [1.29, 1.82) is 0 Å². The van der Waals surface area contributed by atoms with Gasteiger partial charge in [-0.1, -0.05) is 27.2 Å². The molecule has 0 aromatic rings. The van der Waals surface area contributed by atoms with Gasteiger partial charge in [0.2, 0.25) is 23.6 Å². The van der Waals surface area contributed by atoms with Crippen molar-refractivity contribution in [1.82, 2.24) is 20.4 Å². The molecule has 0 aromatic heterocycles. The Hall–Kier alpha value is -2.61. The summed E-state index contributed by atoms with van der Waals surface area (Å²) in [4.78, 5) is 67.8. The van der Waals surface area contributed by atoms with E-state index in [9.17, 15) is 24.0 Å². The molecule has 278 valence electrons. The van der Waals surface area contributed by atoms with Crippen molar-refractivity contribution < 1.29 is 38.2 Å². The lowest BCUT2D eigenvalue weighted by atomic mass is 9.90. The van der Waals surface area contributed by atoms with Crippen molar-refractivity contribution >= 4 is 29.9 Å². The van der Waals surface area contributed by atoms with E-state index in [0.717, 1.165) is 25.5 Å². The van der Waals surface area contributed by atoms with Crippen LogP contribution in [0, 0.1) is 11.8 Å². The lowest BCUT2D eigenvalue weighted by Gasteiger charge is -2.39. The molecule has 1 heterocycles. The molecule has 0 bridgehead atoms. The lowest BCUT2D eigenvalue weighted by Crippen LogP contribution is -2.57. The van der Waals surface area contributed by atoms with Crippen LogP contribution in [0.1, 0.15) is 101 Å². The first-order chi connectivity index (χ1) is 22.1. The van der Waals surface area contributed by atoms with Gasteiger partial charge in [-0.2, -0.15) is 0 Å². The van der Waals surface area contributed by atoms with Crippen LogP contribution in [0.5, 0.6) is 0 Å². The normalized spacial score (nSPS) is 18.8. The number of ether oxygens (including phenoxy) is 3. The molecule has 1 fully saturated rings. The molecule has 0 unspecified atom stereocenters. The Kier molecular flexibility index (Phi) is 17.1. The van der Waals surface area contributed by atoms with E-state index in [1.54, 1.807) is 44.7 Å². The molecule has 0 aliphatic carbocycles. The second kappa shape index (κ2) is 19.0. The molecule has 48 heavy (non-hydrogen) atoms. The zero-order valence-corrected chi connectivity index (χ0v) is 31.6. The van der Waals surface area contributed by atoms with Gasteiger partial charge >= 0.3 is 0 Å². The predicted octanol–water partition coefficient (Wildman–Crippen LogP) is 2.43. The molecular formula is C35H65N5O8. The number of nitrogens with two attached hydrogens (primary N) is 1. The summed E-state index contributed by atoms with van der Waals surface area (Å²) in [6.07, 6.45) is 2.73. The third kappa shape index (κ3) is 13.4. The van der Waals surface area contributed by atoms with Crippen molar-refractivity contribution in [2.75, 3.05) is 41.0 Å². The van der Waals surface area contributed by atoms with E-state index >= 15 is 0 Å². The van der Waals surface area contributed by atoms with Crippen LogP contribution in [0.25, 0.3) is 0 Å². The van der Waals surface area contributed by atoms with Gasteiger partial charge in [-0.25, -0.2) is 0 Å². The summed E-state index contributed by atoms with van der Waals surface area (Å²) >= 11 is 0. The average molecular weight is 684 g/mol.